The number of amides is 1. The number of fused-ring (bicyclic) bond motifs is 1. The molecule has 170 valence electrons. The second-order valence-electron chi connectivity index (χ2n) is 6.77. The summed E-state index contributed by atoms with van der Waals surface area (Å²) in [7, 11) is 2.33. The van der Waals surface area contributed by atoms with Crippen LogP contribution >= 0.6 is 0 Å². The minimum absolute atomic E-state index is 0.152. The number of rotatable bonds is 8. The second kappa shape index (κ2) is 9.68. The fourth-order valence-electron chi connectivity index (χ4n) is 3.06. The van der Waals surface area contributed by atoms with E-state index in [-0.39, 0.29) is 17.1 Å². The Balaban J connectivity index is 1.89. The van der Waals surface area contributed by atoms with Gasteiger partial charge in [-0.2, -0.15) is 0 Å². The van der Waals surface area contributed by atoms with Crippen LogP contribution in [-0.2, 0) is 25.5 Å². The zero-order chi connectivity index (χ0) is 24.1. The monoisotopic (exact) mass is 454 g/mol. The van der Waals surface area contributed by atoms with E-state index in [2.05, 4.69) is 20.0 Å². The highest BCUT2D eigenvalue weighted by Gasteiger charge is 2.35. The number of nitrogens with zero attached hydrogens (tertiary/aromatic N) is 2. The van der Waals surface area contributed by atoms with E-state index in [1.54, 1.807) is 24.3 Å². The molecule has 0 spiro atoms. The van der Waals surface area contributed by atoms with Gasteiger partial charge in [0, 0.05) is 6.42 Å². The highest BCUT2D eigenvalue weighted by Crippen LogP contribution is 2.29. The summed E-state index contributed by atoms with van der Waals surface area (Å²) in [6.45, 7) is 0. The number of para-hydroxylation sites is 2. The van der Waals surface area contributed by atoms with Crippen LogP contribution in [0.15, 0.2) is 47.3 Å². The van der Waals surface area contributed by atoms with Crippen LogP contribution in [-0.4, -0.2) is 46.8 Å². The van der Waals surface area contributed by atoms with Crippen LogP contribution in [0.4, 0.5) is 11.4 Å². The van der Waals surface area contributed by atoms with E-state index in [4.69, 9.17) is 4.74 Å². The Bertz CT molecular complexity index is 1320. The van der Waals surface area contributed by atoms with Crippen molar-refractivity contribution in [3.8, 4) is 5.75 Å². The van der Waals surface area contributed by atoms with Crippen molar-refractivity contribution < 1.29 is 28.8 Å². The summed E-state index contributed by atoms with van der Waals surface area (Å²) in [5.41, 5.74) is -0.706. The maximum atomic E-state index is 12.8. The van der Waals surface area contributed by atoms with E-state index in [1.165, 1.54) is 19.2 Å². The molecule has 33 heavy (non-hydrogen) atoms. The number of ether oxygens (including phenoxy) is 2. The maximum Gasteiger partial charge on any atom is 0.317 e. The Morgan fingerprint density at radius 2 is 1.91 bits per heavy atom. The fraction of sp³-hybridized carbons (Fsp3) is 0.190. The van der Waals surface area contributed by atoms with Gasteiger partial charge in [0.1, 0.15) is 23.0 Å². The lowest BCUT2D eigenvalue weighted by Gasteiger charge is -2.13. The zero-order valence-corrected chi connectivity index (χ0v) is 17.5. The molecule has 12 nitrogen and oxygen atoms in total. The lowest BCUT2D eigenvalue weighted by molar-refractivity contribution is -0.384. The Kier molecular flexibility index (Phi) is 6.77. The molecule has 0 aliphatic heterocycles. The number of hydrogen-bond donors (Lipinski definition) is 2. The van der Waals surface area contributed by atoms with Gasteiger partial charge in [0.2, 0.25) is 5.78 Å². The van der Waals surface area contributed by atoms with Crippen LogP contribution in [0.25, 0.3) is 11.0 Å². The topological polar surface area (TPSA) is 171 Å². The average molecular weight is 454 g/mol. The molecule has 3 aromatic rings. The van der Waals surface area contributed by atoms with Gasteiger partial charge in [-0.1, -0.05) is 12.1 Å². The molecule has 0 fully saturated rings. The van der Waals surface area contributed by atoms with Gasteiger partial charge >= 0.3 is 5.97 Å². The third-order valence-corrected chi connectivity index (χ3v) is 4.74. The first kappa shape index (κ1) is 23.1. The van der Waals surface area contributed by atoms with Crippen molar-refractivity contribution in [2.75, 3.05) is 19.5 Å². The highest BCUT2D eigenvalue weighted by molar-refractivity contribution is 6.44. The standard InChI is InChI=1S/C21H18N4O8/c1-32-11-7-8-15(17(9-11)25(30)31)24-20(28)18(26)12(21(29)33-2)10-16-19(27)23-14-6-4-3-5-13(14)22-16/h3-9,12H,10H2,1-2H3,(H,23,27)(H,24,28)/t12-/m1/s1. The molecule has 0 saturated heterocycles. The molecule has 0 radical (unpaired) electrons. The number of nitro groups is 1. The van der Waals surface area contributed by atoms with Gasteiger partial charge in [-0.3, -0.25) is 29.3 Å². The number of carbonyl (C=O) groups excluding carboxylic acids is 3. The number of hydrogen-bond acceptors (Lipinski definition) is 9. The number of aromatic nitrogens is 2. The van der Waals surface area contributed by atoms with Crippen molar-refractivity contribution in [2.24, 2.45) is 5.92 Å². The van der Waals surface area contributed by atoms with Crippen LogP contribution < -0.4 is 15.6 Å². The van der Waals surface area contributed by atoms with Crippen LogP contribution in [0.1, 0.15) is 5.69 Å². The third-order valence-electron chi connectivity index (χ3n) is 4.74. The lowest BCUT2D eigenvalue weighted by Crippen LogP contribution is -2.37. The van der Waals surface area contributed by atoms with Gasteiger partial charge in [-0.15, -0.1) is 0 Å². The zero-order valence-electron chi connectivity index (χ0n) is 17.5. The molecule has 0 aliphatic rings. The normalized spacial score (nSPS) is 11.5. The summed E-state index contributed by atoms with van der Waals surface area (Å²) < 4.78 is 9.54. The first-order valence-electron chi connectivity index (χ1n) is 9.48. The summed E-state index contributed by atoms with van der Waals surface area (Å²) in [6, 6.07) is 10.2. The maximum absolute atomic E-state index is 12.8. The summed E-state index contributed by atoms with van der Waals surface area (Å²) in [5.74, 6) is -5.13. The van der Waals surface area contributed by atoms with Crippen LogP contribution in [0.2, 0.25) is 0 Å². The van der Waals surface area contributed by atoms with Gasteiger partial charge in [0.25, 0.3) is 17.2 Å². The number of methoxy groups -OCH3 is 2. The molecule has 1 heterocycles. The third kappa shape index (κ3) is 5.01. The van der Waals surface area contributed by atoms with E-state index >= 15 is 0 Å². The summed E-state index contributed by atoms with van der Waals surface area (Å²) in [6.07, 6.45) is -0.510. The molecule has 1 aromatic heterocycles. The Morgan fingerprint density at radius 3 is 2.58 bits per heavy atom. The van der Waals surface area contributed by atoms with Crippen molar-refractivity contribution in [1.29, 1.82) is 0 Å². The molecular formula is C21H18N4O8. The number of carbonyl (C=O) groups is 3. The van der Waals surface area contributed by atoms with Gasteiger partial charge < -0.3 is 19.8 Å². The molecule has 0 bridgehead atoms. The molecule has 2 aromatic carbocycles. The molecule has 2 N–H and O–H groups in total. The molecule has 0 aliphatic carbocycles. The number of nitrogens with one attached hydrogen (secondary N) is 2. The second-order valence-corrected chi connectivity index (χ2v) is 6.77. The van der Waals surface area contributed by atoms with Crippen molar-refractivity contribution in [1.82, 2.24) is 9.97 Å². The average Bonchev–Trinajstić information content (AvgIpc) is 2.81. The number of anilines is 1. The minimum atomic E-state index is -1.69. The number of Topliss-reactive ketones (excluding diaryl/α,β-unsaturated/α-hetero) is 1. The van der Waals surface area contributed by atoms with Crippen LogP contribution in [0.5, 0.6) is 5.75 Å². The quantitative estimate of drug-likeness (QED) is 0.168. The molecular weight excluding hydrogens is 436 g/mol. The molecule has 0 saturated carbocycles. The predicted octanol–water partition coefficient (Wildman–Crippen LogP) is 1.38. The SMILES string of the molecule is COC(=O)[C@H](Cc1nc2ccccc2[nH]c1=O)C(=O)C(=O)Nc1ccc(OC)cc1[N+](=O)[O-]. The summed E-state index contributed by atoms with van der Waals surface area (Å²) in [4.78, 5) is 67.3. The first-order chi connectivity index (χ1) is 15.7. The molecule has 3 rings (SSSR count). The smallest absolute Gasteiger partial charge is 0.317 e. The van der Waals surface area contributed by atoms with Crippen molar-refractivity contribution in [3.05, 3.63) is 68.6 Å². The van der Waals surface area contributed by atoms with E-state index in [9.17, 15) is 29.3 Å². The largest absolute Gasteiger partial charge is 0.496 e. The number of aromatic amines is 1. The van der Waals surface area contributed by atoms with E-state index in [0.29, 0.717) is 11.0 Å². The molecule has 1 atom stereocenters. The van der Waals surface area contributed by atoms with Gasteiger partial charge in [0.15, 0.2) is 0 Å². The van der Waals surface area contributed by atoms with Crippen molar-refractivity contribution >= 4 is 40.1 Å². The predicted molar refractivity (Wildman–Crippen MR) is 115 cm³/mol. The Morgan fingerprint density at radius 1 is 1.18 bits per heavy atom. The number of esters is 1. The van der Waals surface area contributed by atoms with E-state index in [1.807, 2.05) is 0 Å². The number of nitro benzene ring substituents is 1. The fourth-order valence-corrected chi connectivity index (χ4v) is 3.06. The van der Waals surface area contributed by atoms with E-state index in [0.717, 1.165) is 13.2 Å². The first-order valence-corrected chi connectivity index (χ1v) is 9.48. The van der Waals surface area contributed by atoms with Gasteiger partial charge in [-0.25, -0.2) is 4.98 Å². The highest BCUT2D eigenvalue weighted by atomic mass is 16.6. The van der Waals surface area contributed by atoms with Crippen LogP contribution in [0.3, 0.4) is 0 Å². The molecule has 1 amide bonds. The van der Waals surface area contributed by atoms with Gasteiger partial charge in [-0.05, 0) is 24.3 Å². The lowest BCUT2D eigenvalue weighted by atomic mass is 9.97. The summed E-state index contributed by atoms with van der Waals surface area (Å²) >= 11 is 0. The Hall–Kier alpha value is -4.61. The van der Waals surface area contributed by atoms with Crippen LogP contribution in [0, 0.1) is 16.0 Å². The minimum Gasteiger partial charge on any atom is -0.496 e. The molecule has 0 unspecified atom stereocenters. The number of ketones is 1. The van der Waals surface area contributed by atoms with E-state index < -0.39 is 46.2 Å². The number of benzene rings is 2. The van der Waals surface area contributed by atoms with Gasteiger partial charge in [0.05, 0.1) is 36.2 Å². The number of H-pyrrole nitrogens is 1. The summed E-state index contributed by atoms with van der Waals surface area (Å²) in [5, 5.41) is 13.4. The molecule has 12 heteroatoms. The van der Waals surface area contributed by atoms with Crippen molar-refractivity contribution in [2.45, 2.75) is 6.42 Å². The van der Waals surface area contributed by atoms with Crippen molar-refractivity contribution in [3.63, 3.8) is 0 Å². The Labute approximate surface area is 185 Å².